The van der Waals surface area contributed by atoms with Crippen LogP contribution in [-0.4, -0.2) is 23.6 Å². The van der Waals surface area contributed by atoms with Crippen LogP contribution in [0.5, 0.6) is 5.88 Å². The minimum Gasteiger partial charge on any atom is -0.480 e. The SMILES string of the molecule is CCNC(c1nccnc1OC)C1(C)CCCCC1. The molecule has 2 rings (SSSR count). The third-order valence-corrected chi connectivity index (χ3v) is 4.26. The fourth-order valence-electron chi connectivity index (χ4n) is 3.22. The molecule has 1 aliphatic rings. The second-order valence-electron chi connectivity index (χ2n) is 5.66. The van der Waals surface area contributed by atoms with Gasteiger partial charge in [0.25, 0.3) is 0 Å². The molecule has 0 aliphatic heterocycles. The molecule has 0 bridgehead atoms. The summed E-state index contributed by atoms with van der Waals surface area (Å²) in [6.07, 6.45) is 9.89. The van der Waals surface area contributed by atoms with E-state index in [2.05, 4.69) is 29.1 Å². The van der Waals surface area contributed by atoms with Gasteiger partial charge in [0, 0.05) is 12.4 Å². The molecule has 1 fully saturated rings. The predicted octanol–water partition coefficient (Wildman–Crippen LogP) is 3.11. The van der Waals surface area contributed by atoms with Crippen LogP contribution < -0.4 is 10.1 Å². The Balaban J connectivity index is 2.33. The number of hydrogen-bond acceptors (Lipinski definition) is 4. The first-order valence-electron chi connectivity index (χ1n) is 7.29. The highest BCUT2D eigenvalue weighted by atomic mass is 16.5. The maximum Gasteiger partial charge on any atom is 0.237 e. The van der Waals surface area contributed by atoms with Crippen molar-refractivity contribution >= 4 is 0 Å². The van der Waals surface area contributed by atoms with Gasteiger partial charge in [-0.25, -0.2) is 4.98 Å². The van der Waals surface area contributed by atoms with Gasteiger partial charge in [-0.3, -0.25) is 4.98 Å². The highest BCUT2D eigenvalue weighted by Gasteiger charge is 2.38. The molecular weight excluding hydrogens is 238 g/mol. The van der Waals surface area contributed by atoms with Crippen LogP contribution in [0.25, 0.3) is 0 Å². The van der Waals surface area contributed by atoms with E-state index in [0.717, 1.165) is 12.2 Å². The summed E-state index contributed by atoms with van der Waals surface area (Å²) in [6, 6.07) is 0.224. The molecule has 4 heteroatoms. The minimum atomic E-state index is 0.224. The first kappa shape index (κ1) is 14.3. The Morgan fingerprint density at radius 1 is 1.26 bits per heavy atom. The van der Waals surface area contributed by atoms with Crippen molar-refractivity contribution in [1.82, 2.24) is 15.3 Å². The molecule has 0 aromatic carbocycles. The van der Waals surface area contributed by atoms with Crippen molar-refractivity contribution in [3.8, 4) is 5.88 Å². The number of aromatic nitrogens is 2. The number of ether oxygens (including phenoxy) is 1. The second kappa shape index (κ2) is 6.33. The summed E-state index contributed by atoms with van der Waals surface area (Å²) in [5.74, 6) is 0.653. The fourth-order valence-corrected chi connectivity index (χ4v) is 3.22. The van der Waals surface area contributed by atoms with Crippen molar-refractivity contribution in [1.29, 1.82) is 0 Å². The van der Waals surface area contributed by atoms with E-state index >= 15 is 0 Å². The Morgan fingerprint density at radius 2 is 1.95 bits per heavy atom. The molecule has 0 saturated heterocycles. The lowest BCUT2D eigenvalue weighted by Crippen LogP contribution is -2.38. The van der Waals surface area contributed by atoms with Gasteiger partial charge in [0.2, 0.25) is 5.88 Å². The van der Waals surface area contributed by atoms with E-state index in [1.54, 1.807) is 19.5 Å². The Morgan fingerprint density at radius 3 is 2.58 bits per heavy atom. The predicted molar refractivity (Wildman–Crippen MR) is 76.2 cm³/mol. The summed E-state index contributed by atoms with van der Waals surface area (Å²) in [7, 11) is 1.67. The molecular formula is C15H25N3O. The molecule has 1 saturated carbocycles. The number of nitrogens with one attached hydrogen (secondary N) is 1. The molecule has 4 nitrogen and oxygen atoms in total. The number of rotatable bonds is 5. The Hall–Kier alpha value is -1.16. The number of hydrogen-bond donors (Lipinski definition) is 1. The zero-order chi connectivity index (χ0) is 13.7. The zero-order valence-electron chi connectivity index (χ0n) is 12.3. The Kier molecular flexibility index (Phi) is 4.75. The smallest absolute Gasteiger partial charge is 0.237 e. The van der Waals surface area contributed by atoms with Gasteiger partial charge in [0.05, 0.1) is 13.2 Å². The summed E-state index contributed by atoms with van der Waals surface area (Å²) < 4.78 is 5.39. The van der Waals surface area contributed by atoms with Gasteiger partial charge in [0.1, 0.15) is 5.69 Å². The largest absolute Gasteiger partial charge is 0.480 e. The maximum absolute atomic E-state index is 5.39. The molecule has 1 heterocycles. The van der Waals surface area contributed by atoms with Gasteiger partial charge in [-0.15, -0.1) is 0 Å². The average molecular weight is 263 g/mol. The van der Waals surface area contributed by atoms with Crippen LogP contribution in [-0.2, 0) is 0 Å². The fraction of sp³-hybridized carbons (Fsp3) is 0.733. The summed E-state index contributed by atoms with van der Waals surface area (Å²) in [5, 5.41) is 3.60. The van der Waals surface area contributed by atoms with Crippen molar-refractivity contribution in [2.24, 2.45) is 5.41 Å². The van der Waals surface area contributed by atoms with Gasteiger partial charge in [-0.05, 0) is 24.8 Å². The monoisotopic (exact) mass is 263 g/mol. The van der Waals surface area contributed by atoms with E-state index in [-0.39, 0.29) is 11.5 Å². The van der Waals surface area contributed by atoms with Gasteiger partial charge >= 0.3 is 0 Å². The van der Waals surface area contributed by atoms with Crippen LogP contribution >= 0.6 is 0 Å². The van der Waals surface area contributed by atoms with Crippen LogP contribution in [0, 0.1) is 5.41 Å². The maximum atomic E-state index is 5.39. The van der Waals surface area contributed by atoms with E-state index in [9.17, 15) is 0 Å². The normalized spacial score (nSPS) is 19.9. The van der Waals surface area contributed by atoms with Crippen molar-refractivity contribution in [3.05, 3.63) is 18.1 Å². The van der Waals surface area contributed by atoms with E-state index in [1.807, 2.05) is 0 Å². The van der Waals surface area contributed by atoms with Crippen LogP contribution in [0.2, 0.25) is 0 Å². The van der Waals surface area contributed by atoms with Crippen LogP contribution in [0.3, 0.4) is 0 Å². The van der Waals surface area contributed by atoms with Crippen molar-refractivity contribution < 1.29 is 4.74 Å². The minimum absolute atomic E-state index is 0.224. The first-order valence-corrected chi connectivity index (χ1v) is 7.29. The topological polar surface area (TPSA) is 47.0 Å². The highest BCUT2D eigenvalue weighted by molar-refractivity contribution is 5.23. The summed E-state index contributed by atoms with van der Waals surface area (Å²) in [6.45, 7) is 5.44. The van der Waals surface area contributed by atoms with E-state index < -0.39 is 0 Å². The number of nitrogens with zero attached hydrogens (tertiary/aromatic N) is 2. The van der Waals surface area contributed by atoms with Crippen molar-refractivity contribution in [3.63, 3.8) is 0 Å². The lowest BCUT2D eigenvalue weighted by molar-refractivity contribution is 0.140. The molecule has 1 aromatic heterocycles. The Bertz CT molecular complexity index is 402. The standard InChI is InChI=1S/C15H25N3O/c1-4-16-13(15(2)8-6-5-7-9-15)12-14(19-3)18-11-10-17-12/h10-11,13,16H,4-9H2,1-3H3. The van der Waals surface area contributed by atoms with E-state index in [4.69, 9.17) is 4.74 Å². The summed E-state index contributed by atoms with van der Waals surface area (Å²) in [4.78, 5) is 8.84. The third kappa shape index (κ3) is 3.06. The van der Waals surface area contributed by atoms with Crippen molar-refractivity contribution in [2.45, 2.75) is 52.0 Å². The van der Waals surface area contributed by atoms with E-state index in [0.29, 0.717) is 5.88 Å². The van der Waals surface area contributed by atoms with Crippen LogP contribution in [0.4, 0.5) is 0 Å². The lowest BCUT2D eigenvalue weighted by Gasteiger charge is -2.41. The van der Waals surface area contributed by atoms with Gasteiger partial charge in [-0.2, -0.15) is 0 Å². The van der Waals surface area contributed by atoms with Gasteiger partial charge < -0.3 is 10.1 Å². The van der Waals surface area contributed by atoms with Crippen molar-refractivity contribution in [2.75, 3.05) is 13.7 Å². The Labute approximate surface area is 116 Å². The molecule has 0 radical (unpaired) electrons. The van der Waals surface area contributed by atoms with Gasteiger partial charge in [-0.1, -0.05) is 33.1 Å². The molecule has 1 aliphatic carbocycles. The second-order valence-corrected chi connectivity index (χ2v) is 5.66. The summed E-state index contributed by atoms with van der Waals surface area (Å²) >= 11 is 0. The van der Waals surface area contributed by atoms with Gasteiger partial charge in [0.15, 0.2) is 0 Å². The first-order chi connectivity index (χ1) is 9.21. The van der Waals surface area contributed by atoms with Crippen LogP contribution in [0.1, 0.15) is 57.7 Å². The molecule has 0 spiro atoms. The molecule has 1 N–H and O–H groups in total. The molecule has 0 amide bonds. The molecule has 19 heavy (non-hydrogen) atoms. The number of methoxy groups -OCH3 is 1. The molecule has 106 valence electrons. The molecule has 1 unspecified atom stereocenters. The molecule has 1 atom stereocenters. The molecule has 1 aromatic rings. The highest BCUT2D eigenvalue weighted by Crippen LogP contribution is 2.46. The third-order valence-electron chi connectivity index (χ3n) is 4.26. The summed E-state index contributed by atoms with van der Waals surface area (Å²) in [5.41, 5.74) is 1.20. The lowest BCUT2D eigenvalue weighted by atomic mass is 9.69. The zero-order valence-corrected chi connectivity index (χ0v) is 12.3. The van der Waals surface area contributed by atoms with E-state index in [1.165, 1.54) is 32.1 Å². The average Bonchev–Trinajstić information content (AvgIpc) is 2.45. The quantitative estimate of drug-likeness (QED) is 0.886. The van der Waals surface area contributed by atoms with Crippen LogP contribution in [0.15, 0.2) is 12.4 Å².